The van der Waals surface area contributed by atoms with Crippen LogP contribution in [-0.2, 0) is 4.74 Å². The minimum atomic E-state index is 0.465. The number of nitrogens with one attached hydrogen (secondary N) is 2. The highest BCUT2D eigenvalue weighted by Gasteiger charge is 2.23. The fourth-order valence-corrected chi connectivity index (χ4v) is 3.02. The Morgan fingerprint density at radius 2 is 2.06 bits per heavy atom. The molecule has 0 aliphatic carbocycles. The average molecular weight is 240 g/mol. The van der Waals surface area contributed by atoms with Crippen molar-refractivity contribution in [1.82, 2.24) is 10.6 Å². The number of piperidine rings is 1. The van der Waals surface area contributed by atoms with Gasteiger partial charge in [-0.2, -0.15) is 0 Å². The molecule has 0 bridgehead atoms. The van der Waals surface area contributed by atoms with E-state index < -0.39 is 0 Å². The molecule has 2 aliphatic rings. The van der Waals surface area contributed by atoms with Crippen molar-refractivity contribution in [3.63, 3.8) is 0 Å². The third-order valence-electron chi connectivity index (χ3n) is 4.36. The van der Waals surface area contributed by atoms with Crippen molar-refractivity contribution in [2.45, 2.75) is 45.1 Å². The Bertz CT molecular complexity index is 204. The highest BCUT2D eigenvalue weighted by Crippen LogP contribution is 2.20. The molecule has 2 aliphatic heterocycles. The van der Waals surface area contributed by atoms with Gasteiger partial charge in [0.2, 0.25) is 0 Å². The summed E-state index contributed by atoms with van der Waals surface area (Å²) in [6, 6.07) is 0. The summed E-state index contributed by atoms with van der Waals surface area (Å²) in [5.41, 5.74) is 0. The van der Waals surface area contributed by atoms with E-state index in [0.717, 1.165) is 25.0 Å². The molecule has 0 aromatic rings. The highest BCUT2D eigenvalue weighted by atomic mass is 16.5. The molecule has 2 rings (SSSR count). The van der Waals surface area contributed by atoms with E-state index in [1.807, 2.05) is 0 Å². The SMILES string of the molecule is CC1OCCC1CNCCCC1CCNCC1. The number of rotatable bonds is 6. The molecule has 2 unspecified atom stereocenters. The van der Waals surface area contributed by atoms with Gasteiger partial charge in [0.1, 0.15) is 0 Å². The Labute approximate surface area is 106 Å². The molecular formula is C14H28N2O. The van der Waals surface area contributed by atoms with Crippen molar-refractivity contribution in [2.75, 3.05) is 32.8 Å². The van der Waals surface area contributed by atoms with Crippen molar-refractivity contribution in [1.29, 1.82) is 0 Å². The van der Waals surface area contributed by atoms with Crippen molar-refractivity contribution < 1.29 is 4.74 Å². The third kappa shape index (κ3) is 4.57. The summed E-state index contributed by atoms with van der Waals surface area (Å²) in [5.74, 6) is 1.72. The van der Waals surface area contributed by atoms with Crippen LogP contribution in [0.25, 0.3) is 0 Å². The van der Waals surface area contributed by atoms with Gasteiger partial charge in [0.05, 0.1) is 6.10 Å². The first-order valence-corrected chi connectivity index (χ1v) is 7.39. The second-order valence-electron chi connectivity index (χ2n) is 5.66. The predicted octanol–water partition coefficient (Wildman–Crippen LogP) is 1.78. The van der Waals surface area contributed by atoms with Crippen LogP contribution in [0.4, 0.5) is 0 Å². The number of ether oxygens (including phenoxy) is 1. The molecule has 17 heavy (non-hydrogen) atoms. The van der Waals surface area contributed by atoms with Crippen molar-refractivity contribution in [3.8, 4) is 0 Å². The largest absolute Gasteiger partial charge is 0.378 e. The summed E-state index contributed by atoms with van der Waals surface area (Å²) >= 11 is 0. The van der Waals surface area contributed by atoms with Crippen LogP contribution in [0, 0.1) is 11.8 Å². The molecule has 0 amide bonds. The molecule has 0 radical (unpaired) electrons. The fraction of sp³-hybridized carbons (Fsp3) is 1.00. The van der Waals surface area contributed by atoms with Gasteiger partial charge >= 0.3 is 0 Å². The summed E-state index contributed by atoms with van der Waals surface area (Å²) in [4.78, 5) is 0. The Morgan fingerprint density at radius 3 is 2.76 bits per heavy atom. The average Bonchev–Trinajstić information content (AvgIpc) is 2.76. The maximum Gasteiger partial charge on any atom is 0.0588 e. The first-order chi connectivity index (χ1) is 8.36. The van der Waals surface area contributed by atoms with Gasteiger partial charge in [-0.05, 0) is 70.5 Å². The number of hydrogen-bond acceptors (Lipinski definition) is 3. The van der Waals surface area contributed by atoms with Gasteiger partial charge in [-0.25, -0.2) is 0 Å². The molecule has 0 aromatic carbocycles. The van der Waals surface area contributed by atoms with E-state index in [0.29, 0.717) is 6.10 Å². The number of hydrogen-bond donors (Lipinski definition) is 2. The quantitative estimate of drug-likeness (QED) is 0.694. The molecule has 2 heterocycles. The molecule has 2 atom stereocenters. The molecule has 100 valence electrons. The van der Waals surface area contributed by atoms with E-state index in [2.05, 4.69) is 17.6 Å². The zero-order chi connectivity index (χ0) is 11.9. The van der Waals surface area contributed by atoms with Crippen LogP contribution in [-0.4, -0.2) is 38.9 Å². The lowest BCUT2D eigenvalue weighted by Crippen LogP contribution is -2.29. The molecule has 0 saturated carbocycles. The van der Waals surface area contributed by atoms with Crippen molar-refractivity contribution in [2.24, 2.45) is 11.8 Å². The Kier molecular flexibility index (Phi) is 5.75. The molecule has 2 saturated heterocycles. The van der Waals surface area contributed by atoms with Gasteiger partial charge in [-0.15, -0.1) is 0 Å². The van der Waals surface area contributed by atoms with Crippen molar-refractivity contribution in [3.05, 3.63) is 0 Å². The molecule has 0 spiro atoms. The van der Waals surface area contributed by atoms with Crippen molar-refractivity contribution >= 4 is 0 Å². The highest BCUT2D eigenvalue weighted by molar-refractivity contribution is 4.74. The Hall–Kier alpha value is -0.120. The lowest BCUT2D eigenvalue weighted by molar-refractivity contribution is 0.105. The zero-order valence-electron chi connectivity index (χ0n) is 11.2. The van der Waals surface area contributed by atoms with E-state index in [4.69, 9.17) is 4.74 Å². The predicted molar refractivity (Wildman–Crippen MR) is 71.2 cm³/mol. The van der Waals surface area contributed by atoms with Crippen LogP contribution in [0.3, 0.4) is 0 Å². The third-order valence-corrected chi connectivity index (χ3v) is 4.36. The van der Waals surface area contributed by atoms with E-state index in [-0.39, 0.29) is 0 Å². The normalized spacial score (nSPS) is 30.9. The topological polar surface area (TPSA) is 33.3 Å². The second kappa shape index (κ2) is 7.34. The van der Waals surface area contributed by atoms with Gasteiger partial charge in [0.15, 0.2) is 0 Å². The fourth-order valence-electron chi connectivity index (χ4n) is 3.02. The minimum Gasteiger partial charge on any atom is -0.378 e. The lowest BCUT2D eigenvalue weighted by Gasteiger charge is -2.22. The Morgan fingerprint density at radius 1 is 1.24 bits per heavy atom. The lowest BCUT2D eigenvalue weighted by atomic mass is 9.93. The molecule has 2 fully saturated rings. The maximum absolute atomic E-state index is 5.57. The molecule has 3 heteroatoms. The zero-order valence-corrected chi connectivity index (χ0v) is 11.2. The van der Waals surface area contributed by atoms with Gasteiger partial charge in [-0.1, -0.05) is 0 Å². The monoisotopic (exact) mass is 240 g/mol. The van der Waals surface area contributed by atoms with Gasteiger partial charge in [0.25, 0.3) is 0 Å². The first-order valence-electron chi connectivity index (χ1n) is 7.39. The molecule has 3 nitrogen and oxygen atoms in total. The Balaban J connectivity index is 1.45. The smallest absolute Gasteiger partial charge is 0.0588 e. The van der Waals surface area contributed by atoms with Gasteiger partial charge in [-0.3, -0.25) is 0 Å². The second-order valence-corrected chi connectivity index (χ2v) is 5.66. The van der Waals surface area contributed by atoms with Gasteiger partial charge < -0.3 is 15.4 Å². The maximum atomic E-state index is 5.57. The van der Waals surface area contributed by atoms with Crippen LogP contribution in [0.1, 0.15) is 39.0 Å². The summed E-state index contributed by atoms with van der Waals surface area (Å²) < 4.78 is 5.57. The molecule has 0 aromatic heterocycles. The van der Waals surface area contributed by atoms with Crippen LogP contribution in [0.15, 0.2) is 0 Å². The van der Waals surface area contributed by atoms with E-state index in [9.17, 15) is 0 Å². The molecule has 2 N–H and O–H groups in total. The van der Waals surface area contributed by atoms with E-state index >= 15 is 0 Å². The van der Waals surface area contributed by atoms with Crippen LogP contribution in [0.2, 0.25) is 0 Å². The van der Waals surface area contributed by atoms with E-state index in [1.54, 1.807) is 0 Å². The van der Waals surface area contributed by atoms with E-state index in [1.165, 1.54) is 51.7 Å². The summed E-state index contributed by atoms with van der Waals surface area (Å²) in [5, 5.41) is 7.03. The van der Waals surface area contributed by atoms with Crippen LogP contribution >= 0.6 is 0 Å². The summed E-state index contributed by atoms with van der Waals surface area (Å²) in [7, 11) is 0. The molecular weight excluding hydrogens is 212 g/mol. The summed E-state index contributed by atoms with van der Waals surface area (Å²) in [6.07, 6.45) is 7.22. The standard InChI is InChI=1S/C14H28N2O/c1-12-14(6-10-17-12)11-16-7-2-3-13-4-8-15-9-5-13/h12-16H,2-11H2,1H3. The first kappa shape index (κ1) is 13.3. The van der Waals surface area contributed by atoms with Crippen LogP contribution in [0.5, 0.6) is 0 Å². The van der Waals surface area contributed by atoms with Gasteiger partial charge in [0, 0.05) is 13.2 Å². The summed E-state index contributed by atoms with van der Waals surface area (Å²) in [6.45, 7) is 7.96. The van der Waals surface area contributed by atoms with Crippen LogP contribution < -0.4 is 10.6 Å². The minimum absolute atomic E-state index is 0.465.